The lowest BCUT2D eigenvalue weighted by molar-refractivity contribution is -0.117. The summed E-state index contributed by atoms with van der Waals surface area (Å²) in [6.45, 7) is 2.66. The van der Waals surface area contributed by atoms with Crippen molar-refractivity contribution in [3.8, 4) is 22.6 Å². The number of hydrogen-bond donors (Lipinski definition) is 0. The standard InChI is InChI=1S/C23H20N4O2S/c1-2-20-24-19(14-30-20)15-8-10-16(11-9-15)22-25-23(29-26-22)17-12-21(28)27(13-17)18-6-4-3-5-7-18/h3-11,14,17H,2,12-13H2,1H3/t17-/m1/s1. The van der Waals surface area contributed by atoms with Crippen LogP contribution in [0.4, 0.5) is 5.69 Å². The van der Waals surface area contributed by atoms with Crippen molar-refractivity contribution in [1.29, 1.82) is 0 Å². The van der Waals surface area contributed by atoms with Gasteiger partial charge < -0.3 is 9.42 Å². The van der Waals surface area contributed by atoms with Crippen LogP contribution in [-0.2, 0) is 11.2 Å². The number of para-hydroxylation sites is 1. The summed E-state index contributed by atoms with van der Waals surface area (Å²) in [4.78, 5) is 23.4. The molecule has 0 radical (unpaired) electrons. The van der Waals surface area contributed by atoms with E-state index in [9.17, 15) is 4.79 Å². The van der Waals surface area contributed by atoms with Gasteiger partial charge in [0.1, 0.15) is 0 Å². The first kappa shape index (κ1) is 18.7. The summed E-state index contributed by atoms with van der Waals surface area (Å²) in [5.74, 6) is 1.02. The number of aromatic nitrogens is 3. The van der Waals surface area contributed by atoms with Gasteiger partial charge in [-0.3, -0.25) is 4.79 Å². The highest BCUT2D eigenvalue weighted by atomic mass is 32.1. The Hall–Kier alpha value is -3.32. The molecule has 1 atom stereocenters. The van der Waals surface area contributed by atoms with Crippen LogP contribution in [0.25, 0.3) is 22.6 Å². The van der Waals surface area contributed by atoms with E-state index >= 15 is 0 Å². The zero-order valence-corrected chi connectivity index (χ0v) is 17.3. The molecule has 6 nitrogen and oxygen atoms in total. The second kappa shape index (κ2) is 7.84. The zero-order valence-electron chi connectivity index (χ0n) is 16.5. The lowest BCUT2D eigenvalue weighted by Gasteiger charge is -2.15. The molecule has 1 saturated heterocycles. The van der Waals surface area contributed by atoms with Crippen molar-refractivity contribution in [3.05, 3.63) is 70.9 Å². The van der Waals surface area contributed by atoms with E-state index in [1.165, 1.54) is 0 Å². The van der Waals surface area contributed by atoms with Crippen molar-refractivity contribution in [2.75, 3.05) is 11.4 Å². The Morgan fingerprint density at radius 3 is 2.57 bits per heavy atom. The number of carbonyl (C=O) groups is 1. The highest BCUT2D eigenvalue weighted by Gasteiger charge is 2.35. The van der Waals surface area contributed by atoms with Gasteiger partial charge in [-0.05, 0) is 18.6 Å². The number of aryl methyl sites for hydroxylation is 1. The number of thiazole rings is 1. The van der Waals surface area contributed by atoms with E-state index < -0.39 is 0 Å². The summed E-state index contributed by atoms with van der Waals surface area (Å²) >= 11 is 1.68. The van der Waals surface area contributed by atoms with Crippen LogP contribution in [-0.4, -0.2) is 27.6 Å². The molecule has 1 fully saturated rings. The summed E-state index contributed by atoms with van der Waals surface area (Å²) in [5.41, 5.74) is 3.83. The second-order valence-electron chi connectivity index (χ2n) is 7.25. The molecule has 0 saturated carbocycles. The van der Waals surface area contributed by atoms with Gasteiger partial charge in [0.05, 0.1) is 16.6 Å². The molecular formula is C23H20N4O2S. The fourth-order valence-electron chi connectivity index (χ4n) is 3.64. The van der Waals surface area contributed by atoms with Crippen molar-refractivity contribution in [3.63, 3.8) is 0 Å². The van der Waals surface area contributed by atoms with Crippen LogP contribution in [0.5, 0.6) is 0 Å². The van der Waals surface area contributed by atoms with Crippen molar-refractivity contribution in [2.24, 2.45) is 0 Å². The molecule has 30 heavy (non-hydrogen) atoms. The average Bonchev–Trinajstić information content (AvgIpc) is 3.54. The van der Waals surface area contributed by atoms with Crippen LogP contribution in [0.1, 0.15) is 30.2 Å². The number of nitrogens with zero attached hydrogens (tertiary/aromatic N) is 4. The minimum atomic E-state index is -0.0966. The molecule has 0 N–H and O–H groups in total. The lowest BCUT2D eigenvalue weighted by Crippen LogP contribution is -2.24. The molecule has 1 amide bonds. The van der Waals surface area contributed by atoms with E-state index in [1.807, 2.05) is 54.6 Å². The summed E-state index contributed by atoms with van der Waals surface area (Å²) in [5, 5.41) is 7.36. The largest absolute Gasteiger partial charge is 0.339 e. The number of benzene rings is 2. The Kier molecular flexibility index (Phi) is 4.88. The fraction of sp³-hybridized carbons (Fsp3) is 0.217. The SMILES string of the molecule is CCc1nc(-c2ccc(-c3noc([C@@H]4CC(=O)N(c5ccccc5)C4)n3)cc2)cs1. The molecule has 2 aromatic carbocycles. The molecule has 0 aliphatic carbocycles. The molecule has 2 aromatic heterocycles. The van der Waals surface area contributed by atoms with Gasteiger partial charge in [0.15, 0.2) is 0 Å². The Labute approximate surface area is 178 Å². The number of amides is 1. The number of rotatable bonds is 5. The van der Waals surface area contributed by atoms with Crippen molar-refractivity contribution in [1.82, 2.24) is 15.1 Å². The van der Waals surface area contributed by atoms with Crippen LogP contribution in [0.15, 0.2) is 64.5 Å². The predicted octanol–water partition coefficient (Wildman–Crippen LogP) is 4.94. The third-order valence-electron chi connectivity index (χ3n) is 5.28. The molecule has 0 spiro atoms. The monoisotopic (exact) mass is 416 g/mol. The summed E-state index contributed by atoms with van der Waals surface area (Å²) in [6, 6.07) is 17.7. The average molecular weight is 417 g/mol. The van der Waals surface area contributed by atoms with E-state index in [2.05, 4.69) is 27.4 Å². The van der Waals surface area contributed by atoms with Gasteiger partial charge in [-0.15, -0.1) is 11.3 Å². The Bertz CT molecular complexity index is 1170. The minimum absolute atomic E-state index is 0.0741. The van der Waals surface area contributed by atoms with Crippen LogP contribution in [0.2, 0.25) is 0 Å². The van der Waals surface area contributed by atoms with Crippen LogP contribution in [0.3, 0.4) is 0 Å². The first-order valence-corrected chi connectivity index (χ1v) is 10.8. The van der Waals surface area contributed by atoms with Gasteiger partial charge in [-0.2, -0.15) is 4.98 Å². The number of carbonyl (C=O) groups excluding carboxylic acids is 1. The first-order chi connectivity index (χ1) is 14.7. The zero-order chi connectivity index (χ0) is 20.5. The highest BCUT2D eigenvalue weighted by Crippen LogP contribution is 2.32. The first-order valence-electron chi connectivity index (χ1n) is 9.95. The smallest absolute Gasteiger partial charge is 0.232 e. The van der Waals surface area contributed by atoms with Crippen molar-refractivity contribution < 1.29 is 9.32 Å². The number of anilines is 1. The van der Waals surface area contributed by atoms with E-state index in [0.29, 0.717) is 24.7 Å². The third-order valence-corrected chi connectivity index (χ3v) is 6.27. The summed E-state index contributed by atoms with van der Waals surface area (Å²) < 4.78 is 5.52. The Morgan fingerprint density at radius 1 is 1.07 bits per heavy atom. The van der Waals surface area contributed by atoms with Gasteiger partial charge in [0, 0.05) is 35.2 Å². The Morgan fingerprint density at radius 2 is 1.83 bits per heavy atom. The highest BCUT2D eigenvalue weighted by molar-refractivity contribution is 7.09. The maximum Gasteiger partial charge on any atom is 0.232 e. The molecule has 3 heterocycles. The molecule has 1 aliphatic heterocycles. The van der Waals surface area contributed by atoms with E-state index in [1.54, 1.807) is 16.2 Å². The van der Waals surface area contributed by atoms with Gasteiger partial charge in [0.2, 0.25) is 17.6 Å². The molecule has 5 rings (SSSR count). The molecule has 1 aliphatic rings. The fourth-order valence-corrected chi connectivity index (χ4v) is 4.40. The molecule has 0 unspecified atom stereocenters. The molecule has 4 aromatic rings. The topological polar surface area (TPSA) is 72.1 Å². The van der Waals surface area contributed by atoms with Crippen LogP contribution < -0.4 is 4.90 Å². The third kappa shape index (κ3) is 3.52. The quantitative estimate of drug-likeness (QED) is 0.461. The molecule has 0 bridgehead atoms. The van der Waals surface area contributed by atoms with Gasteiger partial charge in [-0.1, -0.05) is 54.5 Å². The maximum absolute atomic E-state index is 12.5. The van der Waals surface area contributed by atoms with Gasteiger partial charge >= 0.3 is 0 Å². The lowest BCUT2D eigenvalue weighted by atomic mass is 10.1. The number of hydrogen-bond acceptors (Lipinski definition) is 6. The van der Waals surface area contributed by atoms with Crippen molar-refractivity contribution in [2.45, 2.75) is 25.7 Å². The van der Waals surface area contributed by atoms with E-state index in [0.717, 1.165) is 33.9 Å². The predicted molar refractivity (Wildman–Crippen MR) is 116 cm³/mol. The molecular weight excluding hydrogens is 396 g/mol. The van der Waals surface area contributed by atoms with Crippen LogP contribution >= 0.6 is 11.3 Å². The molecule has 7 heteroatoms. The minimum Gasteiger partial charge on any atom is -0.339 e. The maximum atomic E-state index is 12.5. The summed E-state index contributed by atoms with van der Waals surface area (Å²) in [6.07, 6.45) is 1.32. The Balaban J connectivity index is 1.33. The van der Waals surface area contributed by atoms with E-state index in [-0.39, 0.29) is 11.8 Å². The van der Waals surface area contributed by atoms with Crippen LogP contribution in [0, 0.1) is 0 Å². The normalized spacial score (nSPS) is 16.4. The summed E-state index contributed by atoms with van der Waals surface area (Å²) in [7, 11) is 0. The molecule has 150 valence electrons. The van der Waals surface area contributed by atoms with E-state index in [4.69, 9.17) is 4.52 Å². The van der Waals surface area contributed by atoms with Crippen molar-refractivity contribution >= 4 is 22.9 Å². The van der Waals surface area contributed by atoms with Gasteiger partial charge in [-0.25, -0.2) is 4.98 Å². The second-order valence-corrected chi connectivity index (χ2v) is 8.20. The van der Waals surface area contributed by atoms with Gasteiger partial charge in [0.25, 0.3) is 0 Å².